The number of carbonyl (C=O) groups is 1. The molecule has 6 heteroatoms. The maximum atomic E-state index is 11.9. The summed E-state index contributed by atoms with van der Waals surface area (Å²) >= 11 is 1.34. The topological polar surface area (TPSA) is 72.2 Å². The Morgan fingerprint density at radius 1 is 1.13 bits per heavy atom. The maximum absolute atomic E-state index is 11.9. The van der Waals surface area contributed by atoms with Crippen LogP contribution in [0.1, 0.15) is 18.9 Å². The summed E-state index contributed by atoms with van der Waals surface area (Å²) in [4.78, 5) is 22.9. The minimum atomic E-state index is -0.441. The first-order valence-corrected chi connectivity index (χ1v) is 8.33. The molecule has 0 aliphatic rings. The SMILES string of the molecule is CCCc1ccc(NC(=O)CSc2ccc([N+](=O)[O-])cc2)cc1. The van der Waals surface area contributed by atoms with Gasteiger partial charge in [-0.05, 0) is 36.2 Å². The van der Waals surface area contributed by atoms with E-state index in [1.54, 1.807) is 12.1 Å². The number of aryl methyl sites for hydroxylation is 1. The number of hydrogen-bond acceptors (Lipinski definition) is 4. The molecule has 0 aromatic heterocycles. The summed E-state index contributed by atoms with van der Waals surface area (Å²) < 4.78 is 0. The molecular weight excluding hydrogens is 312 g/mol. The van der Waals surface area contributed by atoms with Crippen LogP contribution in [0, 0.1) is 10.1 Å². The highest BCUT2D eigenvalue weighted by molar-refractivity contribution is 8.00. The highest BCUT2D eigenvalue weighted by Gasteiger charge is 2.07. The van der Waals surface area contributed by atoms with Crippen LogP contribution in [-0.4, -0.2) is 16.6 Å². The summed E-state index contributed by atoms with van der Waals surface area (Å²) in [6, 6.07) is 14.0. The number of thioether (sulfide) groups is 1. The molecule has 23 heavy (non-hydrogen) atoms. The number of anilines is 1. The number of benzene rings is 2. The molecule has 0 aliphatic carbocycles. The molecule has 0 radical (unpaired) electrons. The third-order valence-electron chi connectivity index (χ3n) is 3.19. The fourth-order valence-corrected chi connectivity index (χ4v) is 2.75. The second-order valence-corrected chi connectivity index (χ2v) is 6.08. The van der Waals surface area contributed by atoms with E-state index in [1.807, 2.05) is 24.3 Å². The Kier molecular flexibility index (Phi) is 6.17. The van der Waals surface area contributed by atoms with Gasteiger partial charge in [-0.15, -0.1) is 11.8 Å². The average Bonchev–Trinajstić information content (AvgIpc) is 2.55. The number of non-ortho nitro benzene ring substituents is 1. The van der Waals surface area contributed by atoms with Gasteiger partial charge in [0.05, 0.1) is 10.7 Å². The molecule has 5 nitrogen and oxygen atoms in total. The van der Waals surface area contributed by atoms with Crippen LogP contribution in [0.4, 0.5) is 11.4 Å². The molecule has 0 bridgehead atoms. The molecule has 2 aromatic carbocycles. The Labute approximate surface area is 139 Å². The van der Waals surface area contributed by atoms with Gasteiger partial charge in [0, 0.05) is 22.7 Å². The molecule has 0 atom stereocenters. The number of nitro groups is 1. The number of nitro benzene ring substituents is 1. The van der Waals surface area contributed by atoms with Gasteiger partial charge < -0.3 is 5.32 Å². The van der Waals surface area contributed by atoms with Crippen molar-refractivity contribution in [3.8, 4) is 0 Å². The molecule has 0 heterocycles. The molecule has 0 saturated heterocycles. The van der Waals surface area contributed by atoms with Gasteiger partial charge in [0.1, 0.15) is 0 Å². The fourth-order valence-electron chi connectivity index (χ4n) is 2.05. The van der Waals surface area contributed by atoms with Crippen LogP contribution in [-0.2, 0) is 11.2 Å². The number of carbonyl (C=O) groups excluding carboxylic acids is 1. The lowest BCUT2D eigenvalue weighted by molar-refractivity contribution is -0.384. The molecule has 0 spiro atoms. The monoisotopic (exact) mass is 330 g/mol. The van der Waals surface area contributed by atoms with Gasteiger partial charge in [0.2, 0.25) is 5.91 Å². The van der Waals surface area contributed by atoms with Crippen LogP contribution >= 0.6 is 11.8 Å². The van der Waals surface area contributed by atoms with E-state index in [4.69, 9.17) is 0 Å². The predicted molar refractivity (Wildman–Crippen MR) is 92.9 cm³/mol. The standard InChI is InChI=1S/C17H18N2O3S/c1-2-3-13-4-6-14(7-5-13)18-17(20)12-23-16-10-8-15(9-11-16)19(21)22/h4-11H,2-3,12H2,1H3,(H,18,20). The largest absolute Gasteiger partial charge is 0.325 e. The number of nitrogens with one attached hydrogen (secondary N) is 1. The third-order valence-corrected chi connectivity index (χ3v) is 4.21. The Morgan fingerprint density at radius 2 is 1.78 bits per heavy atom. The maximum Gasteiger partial charge on any atom is 0.269 e. The summed E-state index contributed by atoms with van der Waals surface area (Å²) in [5.41, 5.74) is 2.08. The molecule has 120 valence electrons. The van der Waals surface area contributed by atoms with Crippen molar-refractivity contribution < 1.29 is 9.72 Å². The van der Waals surface area contributed by atoms with E-state index in [1.165, 1.54) is 29.5 Å². The fraction of sp³-hybridized carbons (Fsp3) is 0.235. The summed E-state index contributed by atoms with van der Waals surface area (Å²) in [5.74, 6) is 0.158. The van der Waals surface area contributed by atoms with Crippen molar-refractivity contribution in [3.63, 3.8) is 0 Å². The normalized spacial score (nSPS) is 10.3. The minimum Gasteiger partial charge on any atom is -0.325 e. The number of nitrogens with zero attached hydrogens (tertiary/aromatic N) is 1. The number of amides is 1. The Morgan fingerprint density at radius 3 is 2.35 bits per heavy atom. The zero-order chi connectivity index (χ0) is 16.7. The van der Waals surface area contributed by atoms with Crippen LogP contribution in [0.5, 0.6) is 0 Å². The van der Waals surface area contributed by atoms with Crippen molar-refractivity contribution in [2.75, 3.05) is 11.1 Å². The molecule has 2 rings (SSSR count). The van der Waals surface area contributed by atoms with Crippen molar-refractivity contribution in [2.24, 2.45) is 0 Å². The van der Waals surface area contributed by atoms with Gasteiger partial charge >= 0.3 is 0 Å². The molecular formula is C17H18N2O3S. The zero-order valence-electron chi connectivity index (χ0n) is 12.8. The lowest BCUT2D eigenvalue weighted by atomic mass is 10.1. The van der Waals surface area contributed by atoms with Gasteiger partial charge in [-0.2, -0.15) is 0 Å². The number of hydrogen-bond donors (Lipinski definition) is 1. The quantitative estimate of drug-likeness (QED) is 0.467. The predicted octanol–water partition coefficient (Wildman–Crippen LogP) is 4.28. The Hall–Kier alpha value is -2.34. The van der Waals surface area contributed by atoms with E-state index < -0.39 is 4.92 Å². The van der Waals surface area contributed by atoms with Gasteiger partial charge in [-0.3, -0.25) is 14.9 Å². The molecule has 2 aromatic rings. The first-order chi connectivity index (χ1) is 11.1. The van der Waals surface area contributed by atoms with Gasteiger partial charge in [-0.1, -0.05) is 25.5 Å². The molecule has 1 amide bonds. The van der Waals surface area contributed by atoms with Crippen molar-refractivity contribution in [1.82, 2.24) is 0 Å². The van der Waals surface area contributed by atoms with Crippen molar-refractivity contribution in [2.45, 2.75) is 24.7 Å². The smallest absolute Gasteiger partial charge is 0.269 e. The summed E-state index contributed by atoms with van der Waals surface area (Å²) in [6.07, 6.45) is 2.13. The molecule has 1 N–H and O–H groups in total. The van der Waals surface area contributed by atoms with Crippen LogP contribution in [0.2, 0.25) is 0 Å². The third kappa shape index (κ3) is 5.41. The number of rotatable bonds is 7. The second kappa shape index (κ2) is 8.33. The molecule has 0 unspecified atom stereocenters. The molecule has 0 aliphatic heterocycles. The second-order valence-electron chi connectivity index (χ2n) is 5.03. The van der Waals surface area contributed by atoms with E-state index in [0.717, 1.165) is 23.4 Å². The Balaban J connectivity index is 1.83. The van der Waals surface area contributed by atoms with E-state index in [-0.39, 0.29) is 17.3 Å². The van der Waals surface area contributed by atoms with Crippen molar-refractivity contribution in [1.29, 1.82) is 0 Å². The molecule has 0 fully saturated rings. The average molecular weight is 330 g/mol. The Bertz CT molecular complexity index is 669. The van der Waals surface area contributed by atoms with Gasteiger partial charge in [0.25, 0.3) is 5.69 Å². The highest BCUT2D eigenvalue weighted by atomic mass is 32.2. The molecule has 0 saturated carbocycles. The minimum absolute atomic E-state index is 0.0472. The van der Waals surface area contributed by atoms with Crippen LogP contribution in [0.25, 0.3) is 0 Å². The zero-order valence-corrected chi connectivity index (χ0v) is 13.6. The van der Waals surface area contributed by atoms with E-state index in [0.29, 0.717) is 0 Å². The van der Waals surface area contributed by atoms with Crippen LogP contribution in [0.15, 0.2) is 53.4 Å². The first-order valence-electron chi connectivity index (χ1n) is 7.34. The van der Waals surface area contributed by atoms with Crippen molar-refractivity contribution >= 4 is 29.0 Å². The first kappa shape index (κ1) is 17.0. The van der Waals surface area contributed by atoms with Crippen LogP contribution in [0.3, 0.4) is 0 Å². The van der Waals surface area contributed by atoms with Crippen LogP contribution < -0.4 is 5.32 Å². The van der Waals surface area contributed by atoms with E-state index in [2.05, 4.69) is 12.2 Å². The van der Waals surface area contributed by atoms with Gasteiger partial charge in [-0.25, -0.2) is 0 Å². The summed E-state index contributed by atoms with van der Waals surface area (Å²) in [6.45, 7) is 2.13. The lowest BCUT2D eigenvalue weighted by Crippen LogP contribution is -2.13. The summed E-state index contributed by atoms with van der Waals surface area (Å²) in [5, 5.41) is 13.4. The van der Waals surface area contributed by atoms with E-state index >= 15 is 0 Å². The lowest BCUT2D eigenvalue weighted by Gasteiger charge is -2.06. The highest BCUT2D eigenvalue weighted by Crippen LogP contribution is 2.21. The van der Waals surface area contributed by atoms with E-state index in [9.17, 15) is 14.9 Å². The van der Waals surface area contributed by atoms with Gasteiger partial charge in [0.15, 0.2) is 0 Å². The van der Waals surface area contributed by atoms with Crippen molar-refractivity contribution in [3.05, 3.63) is 64.2 Å². The summed E-state index contributed by atoms with van der Waals surface area (Å²) in [7, 11) is 0.